The largest absolute Gasteiger partial charge is 0.393 e. The number of hydrogen-bond acceptors (Lipinski definition) is 1. The van der Waals surface area contributed by atoms with Crippen molar-refractivity contribution in [2.24, 2.45) is 11.3 Å². The third-order valence-corrected chi connectivity index (χ3v) is 2.36. The maximum absolute atomic E-state index is 9.42. The normalized spacial score (nSPS) is 39.6. The summed E-state index contributed by atoms with van der Waals surface area (Å²) in [5.41, 5.74) is 0.372. The highest BCUT2D eigenvalue weighted by Gasteiger charge is 2.30. The third-order valence-electron chi connectivity index (χ3n) is 2.36. The van der Waals surface area contributed by atoms with E-state index in [0.29, 0.717) is 11.3 Å². The maximum atomic E-state index is 9.42. The Balaban J connectivity index is 2.51. The van der Waals surface area contributed by atoms with Crippen molar-refractivity contribution < 1.29 is 5.11 Å². The molecule has 0 saturated heterocycles. The Kier molecular flexibility index (Phi) is 2.04. The van der Waals surface area contributed by atoms with E-state index in [-0.39, 0.29) is 6.10 Å². The summed E-state index contributed by atoms with van der Waals surface area (Å²) in [5, 5.41) is 9.42. The van der Waals surface area contributed by atoms with Gasteiger partial charge in [-0.1, -0.05) is 20.8 Å². The van der Waals surface area contributed by atoms with E-state index in [1.54, 1.807) is 0 Å². The Morgan fingerprint density at radius 1 is 1.30 bits per heavy atom. The van der Waals surface area contributed by atoms with Crippen molar-refractivity contribution in [2.45, 2.75) is 46.1 Å². The first-order valence-electron chi connectivity index (χ1n) is 4.18. The molecule has 0 heterocycles. The monoisotopic (exact) mass is 142 g/mol. The topological polar surface area (TPSA) is 20.2 Å². The van der Waals surface area contributed by atoms with Crippen LogP contribution in [0, 0.1) is 11.3 Å². The molecule has 60 valence electrons. The molecule has 0 amide bonds. The van der Waals surface area contributed by atoms with Crippen LogP contribution in [0.5, 0.6) is 0 Å². The molecule has 0 bridgehead atoms. The molecule has 0 aliphatic heterocycles. The van der Waals surface area contributed by atoms with Gasteiger partial charge >= 0.3 is 0 Å². The van der Waals surface area contributed by atoms with Crippen molar-refractivity contribution in [3.8, 4) is 0 Å². The first kappa shape index (κ1) is 8.06. The van der Waals surface area contributed by atoms with Gasteiger partial charge in [0.1, 0.15) is 0 Å². The lowest BCUT2D eigenvalue weighted by Gasteiger charge is -2.36. The number of aliphatic hydroxyl groups is 1. The summed E-state index contributed by atoms with van der Waals surface area (Å²) >= 11 is 0. The van der Waals surface area contributed by atoms with E-state index < -0.39 is 0 Å². The summed E-state index contributed by atoms with van der Waals surface area (Å²) < 4.78 is 0. The van der Waals surface area contributed by atoms with Crippen LogP contribution in [0.2, 0.25) is 0 Å². The van der Waals surface area contributed by atoms with Gasteiger partial charge in [0, 0.05) is 0 Å². The first-order valence-corrected chi connectivity index (χ1v) is 4.18. The van der Waals surface area contributed by atoms with Crippen molar-refractivity contribution in [3.05, 3.63) is 0 Å². The lowest BCUT2D eigenvalue weighted by Crippen LogP contribution is -2.30. The van der Waals surface area contributed by atoms with Crippen LogP contribution in [0.15, 0.2) is 0 Å². The average molecular weight is 142 g/mol. The maximum Gasteiger partial charge on any atom is 0.0547 e. The molecule has 0 aromatic heterocycles. The van der Waals surface area contributed by atoms with Crippen LogP contribution in [-0.4, -0.2) is 11.2 Å². The SMILES string of the molecule is C[C@@H]1C[C@@H](O)CC(C)(C)C1. The van der Waals surface area contributed by atoms with E-state index in [9.17, 15) is 5.11 Å². The van der Waals surface area contributed by atoms with E-state index >= 15 is 0 Å². The molecular weight excluding hydrogens is 124 g/mol. The summed E-state index contributed by atoms with van der Waals surface area (Å²) in [7, 11) is 0. The molecule has 1 saturated carbocycles. The number of rotatable bonds is 0. The quantitative estimate of drug-likeness (QED) is 0.549. The molecule has 10 heavy (non-hydrogen) atoms. The van der Waals surface area contributed by atoms with E-state index in [1.807, 2.05) is 0 Å². The molecule has 0 unspecified atom stereocenters. The second-order valence-electron chi connectivity index (χ2n) is 4.57. The van der Waals surface area contributed by atoms with E-state index in [2.05, 4.69) is 20.8 Å². The molecule has 2 atom stereocenters. The van der Waals surface area contributed by atoms with E-state index in [1.165, 1.54) is 6.42 Å². The summed E-state index contributed by atoms with van der Waals surface area (Å²) in [6.45, 7) is 6.71. The van der Waals surface area contributed by atoms with Gasteiger partial charge in [0.25, 0.3) is 0 Å². The van der Waals surface area contributed by atoms with Gasteiger partial charge < -0.3 is 5.11 Å². The zero-order valence-electron chi connectivity index (χ0n) is 7.22. The lowest BCUT2D eigenvalue weighted by atomic mass is 9.72. The van der Waals surface area contributed by atoms with Crippen LogP contribution in [0.25, 0.3) is 0 Å². The molecule has 1 aliphatic rings. The Bertz CT molecular complexity index is 106. The second kappa shape index (κ2) is 2.54. The molecule has 0 aromatic rings. The van der Waals surface area contributed by atoms with Crippen LogP contribution >= 0.6 is 0 Å². The Hall–Kier alpha value is -0.0400. The van der Waals surface area contributed by atoms with E-state index in [0.717, 1.165) is 12.8 Å². The second-order valence-corrected chi connectivity index (χ2v) is 4.57. The molecule has 1 nitrogen and oxygen atoms in total. The average Bonchev–Trinajstić information content (AvgIpc) is 1.54. The van der Waals surface area contributed by atoms with E-state index in [4.69, 9.17) is 0 Å². The minimum absolute atomic E-state index is 0.0428. The van der Waals surface area contributed by atoms with Gasteiger partial charge in [-0.15, -0.1) is 0 Å². The molecule has 1 heteroatoms. The molecule has 0 aromatic carbocycles. The predicted molar refractivity (Wildman–Crippen MR) is 42.8 cm³/mol. The van der Waals surface area contributed by atoms with Gasteiger partial charge in [-0.25, -0.2) is 0 Å². The van der Waals surface area contributed by atoms with Gasteiger partial charge in [0.2, 0.25) is 0 Å². The van der Waals surface area contributed by atoms with Crippen LogP contribution in [0.3, 0.4) is 0 Å². The molecule has 1 N–H and O–H groups in total. The zero-order valence-corrected chi connectivity index (χ0v) is 7.22. The minimum Gasteiger partial charge on any atom is -0.393 e. The number of aliphatic hydroxyl groups excluding tert-OH is 1. The van der Waals surface area contributed by atoms with Crippen LogP contribution in [0.1, 0.15) is 40.0 Å². The van der Waals surface area contributed by atoms with Gasteiger partial charge in [-0.3, -0.25) is 0 Å². The van der Waals surface area contributed by atoms with Gasteiger partial charge in [-0.05, 0) is 30.6 Å². The Morgan fingerprint density at radius 2 is 1.90 bits per heavy atom. The fourth-order valence-electron chi connectivity index (χ4n) is 2.30. The van der Waals surface area contributed by atoms with Crippen molar-refractivity contribution in [3.63, 3.8) is 0 Å². The minimum atomic E-state index is -0.0428. The van der Waals surface area contributed by atoms with Crippen LogP contribution in [-0.2, 0) is 0 Å². The highest BCUT2D eigenvalue weighted by atomic mass is 16.3. The predicted octanol–water partition coefficient (Wildman–Crippen LogP) is 2.19. The smallest absolute Gasteiger partial charge is 0.0547 e. The fourth-order valence-corrected chi connectivity index (χ4v) is 2.30. The van der Waals surface area contributed by atoms with Gasteiger partial charge in [0.05, 0.1) is 6.10 Å². The number of hydrogen-bond donors (Lipinski definition) is 1. The van der Waals surface area contributed by atoms with Crippen LogP contribution < -0.4 is 0 Å². The lowest BCUT2D eigenvalue weighted by molar-refractivity contribution is 0.0394. The standard InChI is InChI=1S/C9H18O/c1-7-4-8(10)6-9(2,3)5-7/h7-8,10H,4-6H2,1-3H3/t7-,8-/m1/s1. The fraction of sp³-hybridized carbons (Fsp3) is 1.00. The highest BCUT2D eigenvalue weighted by Crippen LogP contribution is 2.38. The summed E-state index contributed by atoms with van der Waals surface area (Å²) in [4.78, 5) is 0. The van der Waals surface area contributed by atoms with Crippen molar-refractivity contribution in [1.82, 2.24) is 0 Å². The van der Waals surface area contributed by atoms with Gasteiger partial charge in [0.15, 0.2) is 0 Å². The summed E-state index contributed by atoms with van der Waals surface area (Å²) in [5.74, 6) is 0.707. The summed E-state index contributed by atoms with van der Waals surface area (Å²) in [6.07, 6.45) is 3.21. The van der Waals surface area contributed by atoms with Crippen molar-refractivity contribution in [2.75, 3.05) is 0 Å². The zero-order chi connectivity index (χ0) is 7.78. The summed E-state index contributed by atoms with van der Waals surface area (Å²) in [6, 6.07) is 0. The Labute approximate surface area is 63.4 Å². The Morgan fingerprint density at radius 3 is 2.30 bits per heavy atom. The van der Waals surface area contributed by atoms with Crippen molar-refractivity contribution in [1.29, 1.82) is 0 Å². The first-order chi connectivity index (χ1) is 4.49. The van der Waals surface area contributed by atoms with Crippen molar-refractivity contribution >= 4 is 0 Å². The molecule has 0 spiro atoms. The molecule has 1 aliphatic carbocycles. The van der Waals surface area contributed by atoms with Crippen LogP contribution in [0.4, 0.5) is 0 Å². The third kappa shape index (κ3) is 1.98. The highest BCUT2D eigenvalue weighted by molar-refractivity contribution is 4.82. The molecule has 0 radical (unpaired) electrons. The molecular formula is C9H18O. The molecule has 1 fully saturated rings. The molecule has 1 rings (SSSR count). The van der Waals surface area contributed by atoms with Gasteiger partial charge in [-0.2, -0.15) is 0 Å².